The van der Waals surface area contributed by atoms with Crippen molar-refractivity contribution in [2.24, 2.45) is 0 Å². The molecule has 1 aliphatic carbocycles. The van der Waals surface area contributed by atoms with Crippen LogP contribution in [0.25, 0.3) is 23.0 Å². The number of hydrogen-bond acceptors (Lipinski definition) is 7. The van der Waals surface area contributed by atoms with E-state index in [-0.39, 0.29) is 6.04 Å². The number of carbonyl (C=O) groups excluding carboxylic acids is 3. The van der Waals surface area contributed by atoms with Gasteiger partial charge in [0.05, 0.1) is 19.9 Å². The molecular formula is C26H26N4O6. The van der Waals surface area contributed by atoms with Gasteiger partial charge in [0.1, 0.15) is 5.69 Å². The molecule has 1 heterocycles. The third-order valence-corrected chi connectivity index (χ3v) is 5.33. The van der Waals surface area contributed by atoms with Crippen LogP contribution >= 0.6 is 0 Å². The predicted octanol–water partition coefficient (Wildman–Crippen LogP) is 3.10. The second-order valence-electron chi connectivity index (χ2n) is 8.02. The predicted molar refractivity (Wildman–Crippen MR) is 132 cm³/mol. The molecule has 3 aromatic rings. The van der Waals surface area contributed by atoms with Crippen molar-refractivity contribution in [3.05, 3.63) is 66.4 Å². The summed E-state index contributed by atoms with van der Waals surface area (Å²) in [6.45, 7) is -0.576. The van der Waals surface area contributed by atoms with Crippen molar-refractivity contribution >= 4 is 24.0 Å². The van der Waals surface area contributed by atoms with Gasteiger partial charge in [-0.1, -0.05) is 18.2 Å². The number of ether oxygens (including phenoxy) is 3. The molecule has 0 aliphatic heterocycles. The van der Waals surface area contributed by atoms with Gasteiger partial charge < -0.3 is 19.5 Å². The fraction of sp³-hybridized carbons (Fsp3) is 0.231. The number of hydrogen-bond donors (Lipinski definition) is 2. The van der Waals surface area contributed by atoms with Gasteiger partial charge in [-0.2, -0.15) is 5.10 Å². The van der Waals surface area contributed by atoms with Crippen LogP contribution in [-0.4, -0.2) is 54.6 Å². The number of carbonyl (C=O) groups is 3. The number of urea groups is 1. The number of nitrogens with one attached hydrogen (secondary N) is 2. The number of para-hydroxylation sites is 1. The first-order chi connectivity index (χ1) is 17.5. The summed E-state index contributed by atoms with van der Waals surface area (Å²) in [5.74, 6) is -0.333. The zero-order valence-electron chi connectivity index (χ0n) is 19.9. The quantitative estimate of drug-likeness (QED) is 0.349. The van der Waals surface area contributed by atoms with Crippen LogP contribution in [-0.2, 0) is 14.3 Å². The Balaban J connectivity index is 1.50. The van der Waals surface area contributed by atoms with Crippen molar-refractivity contribution in [2.45, 2.75) is 18.9 Å². The normalized spacial score (nSPS) is 12.7. The van der Waals surface area contributed by atoms with Crippen LogP contribution in [0.4, 0.5) is 4.79 Å². The maximum atomic E-state index is 12.2. The van der Waals surface area contributed by atoms with Crippen molar-refractivity contribution in [2.75, 3.05) is 20.8 Å². The molecule has 186 valence electrons. The van der Waals surface area contributed by atoms with E-state index in [1.165, 1.54) is 6.08 Å². The molecule has 0 spiro atoms. The summed E-state index contributed by atoms with van der Waals surface area (Å²) in [6.07, 6.45) is 6.33. The molecule has 0 radical (unpaired) electrons. The van der Waals surface area contributed by atoms with Gasteiger partial charge in [0.25, 0.3) is 5.91 Å². The van der Waals surface area contributed by atoms with Gasteiger partial charge >= 0.3 is 12.0 Å². The van der Waals surface area contributed by atoms with Crippen LogP contribution in [0.5, 0.6) is 11.5 Å². The molecule has 1 aromatic heterocycles. The highest BCUT2D eigenvalue weighted by atomic mass is 16.5. The Morgan fingerprint density at radius 2 is 1.81 bits per heavy atom. The lowest BCUT2D eigenvalue weighted by Crippen LogP contribution is -2.42. The molecule has 0 atom stereocenters. The van der Waals surface area contributed by atoms with Gasteiger partial charge in [0.2, 0.25) is 0 Å². The molecule has 10 nitrogen and oxygen atoms in total. The number of esters is 1. The van der Waals surface area contributed by atoms with Gasteiger partial charge in [-0.05, 0) is 49.2 Å². The molecule has 36 heavy (non-hydrogen) atoms. The Hall–Kier alpha value is -4.60. The van der Waals surface area contributed by atoms with Gasteiger partial charge in [-0.25, -0.2) is 14.3 Å². The molecule has 3 amide bonds. The summed E-state index contributed by atoms with van der Waals surface area (Å²) in [5.41, 5.74) is 2.81. The molecule has 1 saturated carbocycles. The maximum absolute atomic E-state index is 12.2. The van der Waals surface area contributed by atoms with E-state index in [0.717, 1.165) is 24.1 Å². The number of amides is 3. The Morgan fingerprint density at radius 3 is 2.50 bits per heavy atom. The van der Waals surface area contributed by atoms with Gasteiger partial charge in [-0.3, -0.25) is 10.1 Å². The highest BCUT2D eigenvalue weighted by Crippen LogP contribution is 2.33. The Kier molecular flexibility index (Phi) is 7.64. The largest absolute Gasteiger partial charge is 0.493 e. The second-order valence-corrected chi connectivity index (χ2v) is 8.02. The second kappa shape index (κ2) is 11.2. The van der Waals surface area contributed by atoms with E-state index >= 15 is 0 Å². The molecule has 0 bridgehead atoms. The first-order valence-corrected chi connectivity index (χ1v) is 11.3. The first-order valence-electron chi connectivity index (χ1n) is 11.3. The average molecular weight is 491 g/mol. The van der Waals surface area contributed by atoms with Crippen molar-refractivity contribution in [1.29, 1.82) is 0 Å². The van der Waals surface area contributed by atoms with Crippen molar-refractivity contribution < 1.29 is 28.6 Å². The molecule has 2 N–H and O–H groups in total. The first kappa shape index (κ1) is 24.5. The zero-order chi connectivity index (χ0) is 25.5. The summed E-state index contributed by atoms with van der Waals surface area (Å²) >= 11 is 0. The van der Waals surface area contributed by atoms with Crippen molar-refractivity contribution in [3.63, 3.8) is 0 Å². The topological polar surface area (TPSA) is 121 Å². The maximum Gasteiger partial charge on any atom is 0.331 e. The molecule has 0 saturated heterocycles. The van der Waals surface area contributed by atoms with Crippen molar-refractivity contribution in [3.8, 4) is 28.4 Å². The number of imide groups is 1. The Labute approximate surface area is 207 Å². The smallest absolute Gasteiger partial charge is 0.331 e. The van der Waals surface area contributed by atoms with Crippen LogP contribution < -0.4 is 20.1 Å². The summed E-state index contributed by atoms with van der Waals surface area (Å²) in [4.78, 5) is 35.7. The fourth-order valence-corrected chi connectivity index (χ4v) is 3.38. The SMILES string of the molecule is COc1ccc(-c2nn(-c3ccccc3)cc2/C=C/C(=O)OCC(=O)NC(=O)NC2CC2)cc1OC. The lowest BCUT2D eigenvalue weighted by Gasteiger charge is -2.09. The van der Waals surface area contributed by atoms with Crippen LogP contribution in [0.15, 0.2) is 60.8 Å². The molecule has 2 aromatic carbocycles. The minimum atomic E-state index is -0.738. The summed E-state index contributed by atoms with van der Waals surface area (Å²) < 4.78 is 17.4. The lowest BCUT2D eigenvalue weighted by atomic mass is 10.1. The van der Waals surface area contributed by atoms with E-state index in [9.17, 15) is 14.4 Å². The summed E-state index contributed by atoms with van der Waals surface area (Å²) in [5, 5.41) is 9.45. The molecule has 1 fully saturated rings. The Morgan fingerprint density at radius 1 is 1.06 bits per heavy atom. The summed E-state index contributed by atoms with van der Waals surface area (Å²) in [6, 6.07) is 14.4. The van der Waals surface area contributed by atoms with E-state index in [2.05, 4.69) is 10.6 Å². The van der Waals surface area contributed by atoms with E-state index in [1.807, 2.05) is 36.4 Å². The number of benzene rings is 2. The Bertz CT molecular complexity index is 1280. The van der Waals surface area contributed by atoms with Crippen LogP contribution in [0, 0.1) is 0 Å². The van der Waals surface area contributed by atoms with E-state index in [0.29, 0.717) is 22.8 Å². The average Bonchev–Trinajstić information content (AvgIpc) is 3.60. The van der Waals surface area contributed by atoms with Crippen molar-refractivity contribution in [1.82, 2.24) is 20.4 Å². The lowest BCUT2D eigenvalue weighted by molar-refractivity contribution is -0.143. The molecular weight excluding hydrogens is 464 g/mol. The van der Waals surface area contributed by atoms with Crippen LogP contribution in [0.2, 0.25) is 0 Å². The highest BCUT2D eigenvalue weighted by molar-refractivity contribution is 5.96. The fourth-order valence-electron chi connectivity index (χ4n) is 3.38. The molecule has 4 rings (SSSR count). The number of nitrogens with zero attached hydrogens (tertiary/aromatic N) is 2. The van der Waals surface area contributed by atoms with Crippen LogP contribution in [0.3, 0.4) is 0 Å². The number of rotatable bonds is 9. The molecule has 1 aliphatic rings. The minimum Gasteiger partial charge on any atom is -0.493 e. The third kappa shape index (κ3) is 6.29. The number of aromatic nitrogens is 2. The highest BCUT2D eigenvalue weighted by Gasteiger charge is 2.24. The minimum absolute atomic E-state index is 0.111. The standard InChI is InChI=1S/C26H26N4O6/c1-34-21-12-8-17(14-22(21)35-2)25-18(15-30(29-25)20-6-4-3-5-7-20)9-13-24(32)36-16-23(31)28-26(33)27-19-10-11-19/h3-9,12-15,19H,10-11,16H2,1-2H3,(H2,27,28,31,33)/b13-9+. The van der Waals surface area contributed by atoms with E-state index < -0.39 is 24.5 Å². The third-order valence-electron chi connectivity index (χ3n) is 5.33. The number of methoxy groups -OCH3 is 2. The monoisotopic (exact) mass is 490 g/mol. The van der Waals surface area contributed by atoms with Crippen LogP contribution in [0.1, 0.15) is 18.4 Å². The van der Waals surface area contributed by atoms with Gasteiger partial charge in [0.15, 0.2) is 18.1 Å². The molecule has 10 heteroatoms. The van der Waals surface area contributed by atoms with Gasteiger partial charge in [-0.15, -0.1) is 0 Å². The zero-order valence-corrected chi connectivity index (χ0v) is 19.9. The summed E-state index contributed by atoms with van der Waals surface area (Å²) in [7, 11) is 3.11. The van der Waals surface area contributed by atoms with E-state index in [1.54, 1.807) is 43.3 Å². The van der Waals surface area contributed by atoms with E-state index in [4.69, 9.17) is 19.3 Å². The van der Waals surface area contributed by atoms with Gasteiger partial charge in [0, 0.05) is 29.4 Å². The molecule has 0 unspecified atom stereocenters.